The number of nitrogens with zero attached hydrogens (tertiary/aromatic N) is 5. The summed E-state index contributed by atoms with van der Waals surface area (Å²) in [6, 6.07) is 17.9. The molecule has 0 saturated carbocycles. The van der Waals surface area contributed by atoms with Crippen molar-refractivity contribution in [2.45, 2.75) is 10.9 Å². The van der Waals surface area contributed by atoms with Crippen molar-refractivity contribution < 1.29 is 4.74 Å². The lowest BCUT2D eigenvalue weighted by molar-refractivity contribution is 0.414. The fraction of sp³-hybridized carbons (Fsp3) is 0.111. The summed E-state index contributed by atoms with van der Waals surface area (Å²) in [6.45, 7) is 0. The highest BCUT2D eigenvalue weighted by atomic mass is 32.2. The van der Waals surface area contributed by atoms with E-state index in [1.165, 1.54) is 0 Å². The maximum absolute atomic E-state index is 5.19. The summed E-state index contributed by atoms with van der Waals surface area (Å²) in [4.78, 5) is 4.50. The zero-order valence-electron chi connectivity index (χ0n) is 13.5. The lowest BCUT2D eigenvalue weighted by Gasteiger charge is -2.07. The minimum atomic E-state index is 0.734. The quantitative estimate of drug-likeness (QED) is 0.514. The Kier molecular flexibility index (Phi) is 4.30. The third kappa shape index (κ3) is 3.18. The van der Waals surface area contributed by atoms with Gasteiger partial charge in [-0.2, -0.15) is 4.68 Å². The lowest BCUT2D eigenvalue weighted by atomic mass is 10.1. The van der Waals surface area contributed by atoms with E-state index < -0.39 is 0 Å². The monoisotopic (exact) mass is 349 g/mol. The first kappa shape index (κ1) is 15.6. The molecule has 25 heavy (non-hydrogen) atoms. The molecule has 0 saturated heterocycles. The highest BCUT2D eigenvalue weighted by Crippen LogP contribution is 2.26. The Morgan fingerprint density at radius 1 is 1.04 bits per heavy atom. The number of hydrogen-bond acceptors (Lipinski definition) is 6. The van der Waals surface area contributed by atoms with E-state index in [-0.39, 0.29) is 0 Å². The first-order chi connectivity index (χ1) is 12.3. The predicted octanol–water partition coefficient (Wildman–Crippen LogP) is 3.51. The van der Waals surface area contributed by atoms with Gasteiger partial charge in [0, 0.05) is 17.3 Å². The summed E-state index contributed by atoms with van der Waals surface area (Å²) in [6.07, 6.45) is 1.82. The molecule has 4 rings (SSSR count). The summed E-state index contributed by atoms with van der Waals surface area (Å²) in [5.74, 6) is 1.54. The van der Waals surface area contributed by atoms with Gasteiger partial charge in [-0.1, -0.05) is 36.0 Å². The number of fused-ring (bicyclic) bond motifs is 1. The largest absolute Gasteiger partial charge is 0.497 e. The number of methoxy groups -OCH3 is 1. The molecule has 2 heterocycles. The van der Waals surface area contributed by atoms with Crippen LogP contribution in [0.1, 0.15) is 5.56 Å². The summed E-state index contributed by atoms with van der Waals surface area (Å²) >= 11 is 1.58. The Balaban J connectivity index is 1.58. The number of para-hydroxylation sites is 1. The van der Waals surface area contributed by atoms with Gasteiger partial charge in [0.05, 0.1) is 18.3 Å². The smallest absolute Gasteiger partial charge is 0.214 e. The molecule has 0 radical (unpaired) electrons. The summed E-state index contributed by atoms with van der Waals surface area (Å²) < 4.78 is 6.91. The Morgan fingerprint density at radius 2 is 1.88 bits per heavy atom. The topological polar surface area (TPSA) is 65.7 Å². The summed E-state index contributed by atoms with van der Waals surface area (Å²) in [5.41, 5.74) is 3.07. The van der Waals surface area contributed by atoms with E-state index in [1.807, 2.05) is 42.6 Å². The Hall–Kier alpha value is -2.93. The van der Waals surface area contributed by atoms with E-state index in [0.717, 1.165) is 38.8 Å². The standard InChI is InChI=1S/C18H15N5OS/c1-24-16-9-7-15(8-10-16)23-18(20-21-22-23)25-12-14-5-2-4-13-6-3-11-19-17(13)14/h2-11H,12H2,1H3. The molecule has 0 amide bonds. The first-order valence-electron chi connectivity index (χ1n) is 7.73. The molecule has 2 aromatic carbocycles. The molecule has 2 aromatic heterocycles. The van der Waals surface area contributed by atoms with E-state index in [1.54, 1.807) is 23.6 Å². The molecule has 7 heteroatoms. The zero-order valence-corrected chi connectivity index (χ0v) is 14.3. The van der Waals surface area contributed by atoms with Crippen molar-refractivity contribution >= 4 is 22.7 Å². The van der Waals surface area contributed by atoms with Gasteiger partial charge in [0.1, 0.15) is 5.75 Å². The van der Waals surface area contributed by atoms with Crippen molar-refractivity contribution in [1.82, 2.24) is 25.2 Å². The fourth-order valence-corrected chi connectivity index (χ4v) is 3.46. The third-order valence-corrected chi connectivity index (χ3v) is 4.80. The molecular formula is C18H15N5OS. The summed E-state index contributed by atoms with van der Waals surface area (Å²) in [5, 5.41) is 13.9. The van der Waals surface area contributed by atoms with Gasteiger partial charge in [-0.3, -0.25) is 4.98 Å². The summed E-state index contributed by atoms with van der Waals surface area (Å²) in [7, 11) is 1.64. The number of tetrazole rings is 1. The maximum atomic E-state index is 5.19. The molecule has 6 nitrogen and oxygen atoms in total. The van der Waals surface area contributed by atoms with Gasteiger partial charge in [-0.05, 0) is 46.3 Å². The second kappa shape index (κ2) is 6.90. The molecule has 0 fully saturated rings. The average molecular weight is 349 g/mol. The van der Waals surface area contributed by atoms with Crippen LogP contribution in [0.2, 0.25) is 0 Å². The van der Waals surface area contributed by atoms with E-state index in [0.29, 0.717) is 0 Å². The normalized spacial score (nSPS) is 10.9. The van der Waals surface area contributed by atoms with Crippen molar-refractivity contribution in [2.75, 3.05) is 7.11 Å². The van der Waals surface area contributed by atoms with Crippen LogP contribution in [0.4, 0.5) is 0 Å². The minimum Gasteiger partial charge on any atom is -0.497 e. The van der Waals surface area contributed by atoms with E-state index in [9.17, 15) is 0 Å². The molecule has 0 aliphatic carbocycles. The van der Waals surface area contributed by atoms with Crippen LogP contribution in [0.3, 0.4) is 0 Å². The van der Waals surface area contributed by atoms with Crippen LogP contribution < -0.4 is 4.74 Å². The molecule has 4 aromatic rings. The first-order valence-corrected chi connectivity index (χ1v) is 8.72. The molecule has 0 aliphatic rings. The van der Waals surface area contributed by atoms with Crippen molar-refractivity contribution in [3.05, 3.63) is 66.4 Å². The van der Waals surface area contributed by atoms with Crippen molar-refractivity contribution in [3.63, 3.8) is 0 Å². The molecule has 0 N–H and O–H groups in total. The molecule has 0 aliphatic heterocycles. The van der Waals surface area contributed by atoms with Crippen LogP contribution in [-0.2, 0) is 5.75 Å². The Labute approximate surface area is 148 Å². The Bertz CT molecular complexity index is 994. The van der Waals surface area contributed by atoms with Gasteiger partial charge in [0.2, 0.25) is 5.16 Å². The third-order valence-electron chi connectivity index (χ3n) is 3.83. The number of thioether (sulfide) groups is 1. The second-order valence-electron chi connectivity index (χ2n) is 5.35. The van der Waals surface area contributed by atoms with Gasteiger partial charge in [-0.25, -0.2) is 0 Å². The van der Waals surface area contributed by atoms with Gasteiger partial charge < -0.3 is 4.74 Å². The lowest BCUT2D eigenvalue weighted by Crippen LogP contribution is -1.99. The molecule has 0 bridgehead atoms. The van der Waals surface area contributed by atoms with Crippen LogP contribution in [0.15, 0.2) is 66.0 Å². The van der Waals surface area contributed by atoms with Crippen molar-refractivity contribution in [2.24, 2.45) is 0 Å². The Morgan fingerprint density at radius 3 is 2.72 bits per heavy atom. The van der Waals surface area contributed by atoms with E-state index >= 15 is 0 Å². The molecule has 0 atom stereocenters. The van der Waals surface area contributed by atoms with Gasteiger partial charge >= 0.3 is 0 Å². The SMILES string of the molecule is COc1ccc(-n2nnnc2SCc2cccc3cccnc23)cc1. The van der Waals surface area contributed by atoms with E-state index in [4.69, 9.17) is 4.74 Å². The second-order valence-corrected chi connectivity index (χ2v) is 6.29. The molecule has 0 spiro atoms. The van der Waals surface area contributed by atoms with Crippen LogP contribution in [0.5, 0.6) is 5.75 Å². The van der Waals surface area contributed by atoms with E-state index in [2.05, 4.69) is 38.7 Å². The number of benzene rings is 2. The minimum absolute atomic E-state index is 0.734. The number of ether oxygens (including phenoxy) is 1. The number of rotatable bonds is 5. The van der Waals surface area contributed by atoms with Gasteiger partial charge in [0.25, 0.3) is 0 Å². The molecule has 0 unspecified atom stereocenters. The van der Waals surface area contributed by atoms with Gasteiger partial charge in [-0.15, -0.1) is 5.10 Å². The molecular weight excluding hydrogens is 334 g/mol. The average Bonchev–Trinajstić information content (AvgIpc) is 3.15. The highest BCUT2D eigenvalue weighted by Gasteiger charge is 2.11. The van der Waals surface area contributed by atoms with Crippen LogP contribution in [0, 0.1) is 0 Å². The van der Waals surface area contributed by atoms with Crippen molar-refractivity contribution in [3.8, 4) is 11.4 Å². The number of aromatic nitrogens is 5. The van der Waals surface area contributed by atoms with Crippen LogP contribution in [-0.4, -0.2) is 32.3 Å². The van der Waals surface area contributed by atoms with Crippen LogP contribution in [0.25, 0.3) is 16.6 Å². The number of hydrogen-bond donors (Lipinski definition) is 0. The van der Waals surface area contributed by atoms with Gasteiger partial charge in [0.15, 0.2) is 0 Å². The highest BCUT2D eigenvalue weighted by molar-refractivity contribution is 7.98. The zero-order chi connectivity index (χ0) is 17.1. The maximum Gasteiger partial charge on any atom is 0.214 e. The molecule has 124 valence electrons. The fourth-order valence-electron chi connectivity index (χ4n) is 2.58. The number of pyridine rings is 1. The van der Waals surface area contributed by atoms with Crippen molar-refractivity contribution in [1.29, 1.82) is 0 Å². The van der Waals surface area contributed by atoms with Crippen LogP contribution >= 0.6 is 11.8 Å². The predicted molar refractivity (Wildman–Crippen MR) is 97.0 cm³/mol.